The van der Waals surface area contributed by atoms with E-state index in [0.717, 1.165) is 12.1 Å². The molecule has 1 fully saturated rings. The maximum absolute atomic E-state index is 12.6. The van der Waals surface area contributed by atoms with Crippen LogP contribution in [0.4, 0.5) is 13.2 Å². The number of benzene rings is 1. The summed E-state index contributed by atoms with van der Waals surface area (Å²) in [6.45, 7) is -0.260. The number of aliphatic hydroxyl groups is 2. The zero-order valence-electron chi connectivity index (χ0n) is 13.9. The van der Waals surface area contributed by atoms with E-state index in [1.807, 2.05) is 0 Å². The summed E-state index contributed by atoms with van der Waals surface area (Å²) < 4.78 is 43.1. The molecule has 0 amide bonds. The van der Waals surface area contributed by atoms with Crippen molar-refractivity contribution in [2.24, 2.45) is 11.8 Å². The maximum Gasteiger partial charge on any atom is 0.416 e. The molecule has 144 valence electrons. The average molecular weight is 374 g/mol. The third-order valence-corrected chi connectivity index (χ3v) is 4.40. The van der Waals surface area contributed by atoms with Crippen molar-refractivity contribution >= 4 is 5.97 Å². The van der Waals surface area contributed by atoms with Gasteiger partial charge in [0.2, 0.25) is 0 Å². The fourth-order valence-electron chi connectivity index (χ4n) is 3.09. The molecule has 1 saturated carbocycles. The van der Waals surface area contributed by atoms with Gasteiger partial charge < -0.3 is 20.1 Å². The van der Waals surface area contributed by atoms with Crippen molar-refractivity contribution < 1.29 is 38.0 Å². The highest BCUT2D eigenvalue weighted by molar-refractivity contribution is 5.67. The van der Waals surface area contributed by atoms with Gasteiger partial charge in [-0.1, -0.05) is 18.2 Å². The lowest BCUT2D eigenvalue weighted by Gasteiger charge is -2.17. The van der Waals surface area contributed by atoms with E-state index in [9.17, 15) is 28.2 Å². The molecule has 1 aromatic carbocycles. The van der Waals surface area contributed by atoms with Crippen molar-refractivity contribution in [2.45, 2.75) is 37.6 Å². The van der Waals surface area contributed by atoms with Gasteiger partial charge in [0.05, 0.1) is 11.7 Å². The summed E-state index contributed by atoms with van der Waals surface area (Å²) in [5, 5.41) is 28.7. The van der Waals surface area contributed by atoms with Gasteiger partial charge >= 0.3 is 12.1 Å². The largest absolute Gasteiger partial charge is 0.491 e. The Balaban J connectivity index is 1.91. The van der Waals surface area contributed by atoms with Gasteiger partial charge in [-0.2, -0.15) is 13.2 Å². The van der Waals surface area contributed by atoms with Gasteiger partial charge in [0.1, 0.15) is 18.5 Å². The minimum absolute atomic E-state index is 0.0167. The molecule has 0 aromatic heterocycles. The number of aliphatic hydroxyl groups excluding tert-OH is 2. The number of aliphatic carboxylic acids is 1. The fraction of sp³-hybridized carbons (Fsp3) is 0.500. The predicted octanol–water partition coefficient (Wildman–Crippen LogP) is 2.86. The van der Waals surface area contributed by atoms with E-state index in [1.54, 1.807) is 6.08 Å². The molecule has 26 heavy (non-hydrogen) atoms. The number of ether oxygens (including phenoxy) is 1. The summed E-state index contributed by atoms with van der Waals surface area (Å²) in [6.07, 6.45) is -2.30. The Morgan fingerprint density at radius 1 is 1.35 bits per heavy atom. The maximum atomic E-state index is 12.6. The van der Waals surface area contributed by atoms with Crippen molar-refractivity contribution in [2.75, 3.05) is 6.61 Å². The lowest BCUT2D eigenvalue weighted by molar-refractivity contribution is -0.139. The topological polar surface area (TPSA) is 87.0 Å². The van der Waals surface area contributed by atoms with Crippen molar-refractivity contribution in [1.29, 1.82) is 0 Å². The van der Waals surface area contributed by atoms with E-state index in [-0.39, 0.29) is 30.6 Å². The molecule has 0 aliphatic heterocycles. The van der Waals surface area contributed by atoms with E-state index in [0.29, 0.717) is 12.8 Å². The Bertz CT molecular complexity index is 644. The number of carboxylic acids is 1. The van der Waals surface area contributed by atoms with Gasteiger partial charge in [0, 0.05) is 12.3 Å². The smallest absolute Gasteiger partial charge is 0.416 e. The van der Waals surface area contributed by atoms with Gasteiger partial charge in [0.25, 0.3) is 0 Å². The van der Waals surface area contributed by atoms with E-state index < -0.39 is 29.9 Å². The molecular weight excluding hydrogens is 353 g/mol. The van der Waals surface area contributed by atoms with Gasteiger partial charge in [-0.3, -0.25) is 4.79 Å². The minimum atomic E-state index is -4.48. The molecular formula is C18H21F3O5. The molecule has 2 rings (SSSR count). The number of carbonyl (C=O) groups is 1. The van der Waals surface area contributed by atoms with Crippen LogP contribution in [0.5, 0.6) is 5.75 Å². The van der Waals surface area contributed by atoms with E-state index >= 15 is 0 Å². The van der Waals surface area contributed by atoms with Crippen LogP contribution >= 0.6 is 0 Å². The summed E-state index contributed by atoms with van der Waals surface area (Å²) in [4.78, 5) is 10.8. The second-order valence-electron chi connectivity index (χ2n) is 6.37. The summed E-state index contributed by atoms with van der Waals surface area (Å²) >= 11 is 0. The standard InChI is InChI=1S/C18H21F3O5/c19-18(20,21)12-2-1-3-14(9-12)26-10-13(22)5-6-15-11(8-17(24)25)4-7-16(15)23/h1-3,5-6,9,11,13,15-16,22-23H,4,7-8,10H2,(H,24,25)/b6-5+/t11-,13-,15-,16-/m1/s1. The second-order valence-corrected chi connectivity index (χ2v) is 6.37. The Morgan fingerprint density at radius 3 is 2.73 bits per heavy atom. The first-order chi connectivity index (χ1) is 12.2. The van der Waals surface area contributed by atoms with Crippen molar-refractivity contribution in [1.82, 2.24) is 0 Å². The van der Waals surface area contributed by atoms with Gasteiger partial charge in [0.15, 0.2) is 0 Å². The molecule has 1 aromatic rings. The highest BCUT2D eigenvalue weighted by Gasteiger charge is 2.34. The molecule has 0 saturated heterocycles. The number of alkyl halides is 3. The third kappa shape index (κ3) is 5.74. The Morgan fingerprint density at radius 2 is 2.08 bits per heavy atom. The molecule has 8 heteroatoms. The SMILES string of the molecule is O=C(O)C[C@H]1CC[C@@H](O)[C@@H]1/C=C/[C@@H](O)COc1cccc(C(F)(F)F)c1. The zero-order chi connectivity index (χ0) is 19.3. The van der Waals surface area contributed by atoms with E-state index in [2.05, 4.69) is 0 Å². The van der Waals surface area contributed by atoms with Crippen LogP contribution in [0.1, 0.15) is 24.8 Å². The Hall–Kier alpha value is -2.06. The summed E-state index contributed by atoms with van der Waals surface area (Å²) in [6, 6.07) is 4.34. The third-order valence-electron chi connectivity index (χ3n) is 4.40. The molecule has 5 nitrogen and oxygen atoms in total. The highest BCUT2D eigenvalue weighted by atomic mass is 19.4. The molecule has 0 heterocycles. The van der Waals surface area contributed by atoms with Crippen LogP contribution in [-0.2, 0) is 11.0 Å². The van der Waals surface area contributed by atoms with Crippen LogP contribution in [0.2, 0.25) is 0 Å². The Kier molecular flexibility index (Phi) is 6.66. The van der Waals surface area contributed by atoms with Gasteiger partial charge in [-0.25, -0.2) is 0 Å². The first-order valence-corrected chi connectivity index (χ1v) is 8.23. The number of carboxylic acid groups (broad SMARTS) is 1. The van der Waals surface area contributed by atoms with Crippen molar-refractivity contribution in [3.63, 3.8) is 0 Å². The minimum Gasteiger partial charge on any atom is -0.491 e. The predicted molar refractivity (Wildman–Crippen MR) is 86.6 cm³/mol. The van der Waals surface area contributed by atoms with Crippen LogP contribution in [-0.4, -0.2) is 40.1 Å². The number of halogens is 3. The average Bonchev–Trinajstić information content (AvgIpc) is 2.89. The molecule has 0 unspecified atom stereocenters. The molecule has 0 spiro atoms. The molecule has 3 N–H and O–H groups in total. The Labute approximate surface area is 148 Å². The summed E-state index contributed by atoms with van der Waals surface area (Å²) in [5.41, 5.74) is -0.842. The van der Waals surface area contributed by atoms with Crippen LogP contribution in [0.15, 0.2) is 36.4 Å². The van der Waals surface area contributed by atoms with Crippen LogP contribution in [0.25, 0.3) is 0 Å². The lowest BCUT2D eigenvalue weighted by atomic mass is 9.91. The number of hydrogen-bond acceptors (Lipinski definition) is 4. The first-order valence-electron chi connectivity index (χ1n) is 8.23. The van der Waals surface area contributed by atoms with Crippen LogP contribution < -0.4 is 4.74 Å². The van der Waals surface area contributed by atoms with Crippen molar-refractivity contribution in [3.8, 4) is 5.75 Å². The number of rotatable bonds is 7. The second kappa shape index (κ2) is 8.55. The summed E-state index contributed by atoms with van der Waals surface area (Å²) in [5.74, 6) is -1.56. The molecule has 4 atom stereocenters. The molecule has 0 bridgehead atoms. The van der Waals surface area contributed by atoms with Crippen LogP contribution in [0.3, 0.4) is 0 Å². The van der Waals surface area contributed by atoms with Gasteiger partial charge in [-0.05, 0) is 37.0 Å². The lowest BCUT2D eigenvalue weighted by Crippen LogP contribution is -2.21. The molecule has 1 aliphatic carbocycles. The highest BCUT2D eigenvalue weighted by Crippen LogP contribution is 2.35. The monoisotopic (exact) mass is 374 g/mol. The normalized spacial score (nSPS) is 24.7. The fourth-order valence-corrected chi connectivity index (χ4v) is 3.09. The van der Waals surface area contributed by atoms with E-state index in [1.165, 1.54) is 18.2 Å². The van der Waals surface area contributed by atoms with Gasteiger partial charge in [-0.15, -0.1) is 0 Å². The van der Waals surface area contributed by atoms with Crippen molar-refractivity contribution in [3.05, 3.63) is 42.0 Å². The van der Waals surface area contributed by atoms with E-state index in [4.69, 9.17) is 9.84 Å². The van der Waals surface area contributed by atoms with Crippen LogP contribution in [0, 0.1) is 11.8 Å². The molecule has 0 radical (unpaired) electrons. The number of hydrogen-bond donors (Lipinski definition) is 3. The first kappa shape index (κ1) is 20.3. The quantitative estimate of drug-likeness (QED) is 0.639. The summed E-state index contributed by atoms with van der Waals surface area (Å²) in [7, 11) is 0. The zero-order valence-corrected chi connectivity index (χ0v) is 13.9. The molecule has 1 aliphatic rings.